The summed E-state index contributed by atoms with van der Waals surface area (Å²) >= 11 is 0. The molecule has 0 aliphatic heterocycles. The van der Waals surface area contributed by atoms with E-state index in [4.69, 9.17) is 4.74 Å². The van der Waals surface area contributed by atoms with E-state index in [9.17, 15) is 4.79 Å². The molecule has 0 heterocycles. The molecule has 1 amide bonds. The Morgan fingerprint density at radius 2 is 2.06 bits per heavy atom. The summed E-state index contributed by atoms with van der Waals surface area (Å²) in [6, 6.07) is 7.99. The molecule has 0 unspecified atom stereocenters. The fourth-order valence-electron chi connectivity index (χ4n) is 2.33. The van der Waals surface area contributed by atoms with Gasteiger partial charge in [0.25, 0.3) is 0 Å². The van der Waals surface area contributed by atoms with Gasteiger partial charge in [0.1, 0.15) is 5.75 Å². The maximum atomic E-state index is 12.1. The molecule has 0 saturated heterocycles. The Morgan fingerprint density at radius 3 is 2.56 bits per heavy atom. The smallest absolute Gasteiger partial charge is 0.225 e. The molecule has 2 atom stereocenters. The van der Waals surface area contributed by atoms with Crippen molar-refractivity contribution in [3.8, 4) is 5.75 Å². The third-order valence-corrected chi connectivity index (χ3v) is 3.40. The van der Waals surface area contributed by atoms with Gasteiger partial charge in [0.2, 0.25) is 5.91 Å². The molecular weight excluding hydrogens is 226 g/mol. The molecular formula is C15H23NO2. The summed E-state index contributed by atoms with van der Waals surface area (Å²) in [5.74, 6) is 1.23. The zero-order valence-corrected chi connectivity index (χ0v) is 11.9. The van der Waals surface area contributed by atoms with Gasteiger partial charge in [0.05, 0.1) is 7.11 Å². The van der Waals surface area contributed by atoms with E-state index in [1.54, 1.807) is 26.1 Å². The van der Waals surface area contributed by atoms with Crippen molar-refractivity contribution in [2.24, 2.45) is 5.92 Å². The normalized spacial score (nSPS) is 13.8. The zero-order chi connectivity index (χ0) is 13.7. The van der Waals surface area contributed by atoms with Gasteiger partial charge in [-0.3, -0.25) is 4.79 Å². The molecule has 0 spiro atoms. The Kier molecular flexibility index (Phi) is 5.20. The molecule has 3 nitrogen and oxygen atoms in total. The summed E-state index contributed by atoms with van der Waals surface area (Å²) in [5.41, 5.74) is 1.17. The fourth-order valence-corrected chi connectivity index (χ4v) is 2.33. The summed E-state index contributed by atoms with van der Waals surface area (Å²) in [5, 5.41) is 0. The molecule has 3 heteroatoms. The van der Waals surface area contributed by atoms with Crippen molar-refractivity contribution in [2.45, 2.75) is 26.2 Å². The largest absolute Gasteiger partial charge is 0.497 e. The van der Waals surface area contributed by atoms with Crippen molar-refractivity contribution < 1.29 is 9.53 Å². The van der Waals surface area contributed by atoms with Gasteiger partial charge in [-0.15, -0.1) is 0 Å². The number of carbonyl (C=O) groups excluding carboxylic acids is 1. The van der Waals surface area contributed by atoms with Crippen molar-refractivity contribution in [3.05, 3.63) is 29.8 Å². The minimum absolute atomic E-state index is 0.0166. The first kappa shape index (κ1) is 14.6. The van der Waals surface area contributed by atoms with E-state index in [0.29, 0.717) is 0 Å². The van der Waals surface area contributed by atoms with Crippen molar-refractivity contribution in [1.82, 2.24) is 4.90 Å². The number of ether oxygens (including phenoxy) is 1. The maximum absolute atomic E-state index is 12.1. The van der Waals surface area contributed by atoms with Gasteiger partial charge in [-0.2, -0.15) is 0 Å². The molecule has 0 aliphatic carbocycles. The highest BCUT2D eigenvalue weighted by atomic mass is 16.5. The van der Waals surface area contributed by atoms with E-state index < -0.39 is 0 Å². The second-order valence-electron chi connectivity index (χ2n) is 4.81. The third kappa shape index (κ3) is 3.25. The summed E-state index contributed by atoms with van der Waals surface area (Å²) in [7, 11) is 5.27. The highest BCUT2D eigenvalue weighted by Gasteiger charge is 2.25. The second kappa shape index (κ2) is 6.43. The lowest BCUT2D eigenvalue weighted by atomic mass is 9.84. The van der Waals surface area contributed by atoms with Gasteiger partial charge >= 0.3 is 0 Å². The van der Waals surface area contributed by atoms with E-state index in [2.05, 4.69) is 13.0 Å². The fraction of sp³-hybridized carbons (Fsp3) is 0.533. The van der Waals surface area contributed by atoms with Crippen LogP contribution in [0.25, 0.3) is 0 Å². The van der Waals surface area contributed by atoms with E-state index in [0.717, 1.165) is 12.2 Å². The zero-order valence-electron chi connectivity index (χ0n) is 11.9. The van der Waals surface area contributed by atoms with Gasteiger partial charge < -0.3 is 9.64 Å². The molecule has 0 radical (unpaired) electrons. The molecule has 1 aromatic carbocycles. The van der Waals surface area contributed by atoms with Gasteiger partial charge in [-0.25, -0.2) is 0 Å². The van der Waals surface area contributed by atoms with Crippen molar-refractivity contribution >= 4 is 5.91 Å². The Morgan fingerprint density at radius 1 is 1.39 bits per heavy atom. The molecule has 0 fully saturated rings. The van der Waals surface area contributed by atoms with Gasteiger partial charge in [-0.1, -0.05) is 26.0 Å². The van der Waals surface area contributed by atoms with Crippen LogP contribution in [-0.2, 0) is 4.79 Å². The monoisotopic (exact) mass is 249 g/mol. The van der Waals surface area contributed by atoms with E-state index >= 15 is 0 Å². The van der Waals surface area contributed by atoms with Gasteiger partial charge in [-0.05, 0) is 30.0 Å². The average Bonchev–Trinajstić information content (AvgIpc) is 2.38. The van der Waals surface area contributed by atoms with E-state index in [1.807, 2.05) is 25.1 Å². The number of hydrogen-bond donors (Lipinski definition) is 0. The minimum Gasteiger partial charge on any atom is -0.497 e. The number of rotatable bonds is 5. The van der Waals surface area contributed by atoms with E-state index in [-0.39, 0.29) is 17.7 Å². The lowest BCUT2D eigenvalue weighted by Crippen LogP contribution is -2.31. The third-order valence-electron chi connectivity index (χ3n) is 3.40. The number of benzene rings is 1. The summed E-state index contributed by atoms with van der Waals surface area (Å²) < 4.78 is 5.24. The summed E-state index contributed by atoms with van der Waals surface area (Å²) in [4.78, 5) is 13.7. The Bertz CT molecular complexity index is 401. The number of nitrogens with zero attached hydrogens (tertiary/aromatic N) is 1. The molecule has 0 saturated carbocycles. The summed E-state index contributed by atoms with van der Waals surface area (Å²) in [6.07, 6.45) is 0.938. The highest BCUT2D eigenvalue weighted by Crippen LogP contribution is 2.30. The van der Waals surface area contributed by atoms with Crippen LogP contribution in [0.3, 0.4) is 0 Å². The number of carbonyl (C=O) groups is 1. The highest BCUT2D eigenvalue weighted by molar-refractivity contribution is 5.79. The first-order valence-electron chi connectivity index (χ1n) is 6.36. The topological polar surface area (TPSA) is 29.5 Å². The van der Waals surface area contributed by atoms with Gasteiger partial charge in [0.15, 0.2) is 0 Å². The van der Waals surface area contributed by atoms with Crippen molar-refractivity contribution in [3.63, 3.8) is 0 Å². The molecule has 0 bridgehead atoms. The van der Waals surface area contributed by atoms with Crippen LogP contribution in [0.5, 0.6) is 5.75 Å². The predicted octanol–water partition coefficient (Wildman–Crippen LogP) is 2.91. The van der Waals surface area contributed by atoms with Crippen LogP contribution in [0.2, 0.25) is 0 Å². The van der Waals surface area contributed by atoms with Crippen LogP contribution in [0.1, 0.15) is 31.7 Å². The minimum atomic E-state index is -0.0166. The van der Waals surface area contributed by atoms with Crippen LogP contribution in [-0.4, -0.2) is 32.0 Å². The van der Waals surface area contributed by atoms with Crippen LogP contribution < -0.4 is 4.74 Å². The van der Waals surface area contributed by atoms with E-state index in [1.165, 1.54) is 5.56 Å². The first-order chi connectivity index (χ1) is 8.51. The Balaban J connectivity index is 2.98. The van der Waals surface area contributed by atoms with Crippen LogP contribution in [0, 0.1) is 5.92 Å². The Hall–Kier alpha value is -1.51. The van der Waals surface area contributed by atoms with Crippen molar-refractivity contribution in [1.29, 1.82) is 0 Å². The Labute approximate surface area is 110 Å². The quantitative estimate of drug-likeness (QED) is 0.803. The van der Waals surface area contributed by atoms with Crippen molar-refractivity contribution in [2.75, 3.05) is 21.2 Å². The lowest BCUT2D eigenvalue weighted by Gasteiger charge is -2.25. The maximum Gasteiger partial charge on any atom is 0.225 e. The second-order valence-corrected chi connectivity index (χ2v) is 4.81. The summed E-state index contributed by atoms with van der Waals surface area (Å²) in [6.45, 7) is 4.11. The molecule has 18 heavy (non-hydrogen) atoms. The van der Waals surface area contributed by atoms with Crippen LogP contribution in [0.15, 0.2) is 24.3 Å². The molecule has 0 aromatic heterocycles. The molecule has 0 aliphatic rings. The number of amides is 1. The molecule has 1 aromatic rings. The number of methoxy groups -OCH3 is 1. The van der Waals surface area contributed by atoms with Gasteiger partial charge in [0, 0.05) is 20.0 Å². The average molecular weight is 249 g/mol. The SMILES string of the molecule is CC[C@@H](c1cccc(OC)c1)[C@H](C)C(=O)N(C)C. The van der Waals surface area contributed by atoms with Crippen LogP contribution >= 0.6 is 0 Å². The standard InChI is InChI=1S/C15H23NO2/c1-6-14(11(2)15(17)16(3)4)12-8-7-9-13(10-12)18-5/h7-11,14H,6H2,1-5H3/t11-,14+/m0/s1. The molecule has 1 rings (SSSR count). The molecule has 100 valence electrons. The van der Waals surface area contributed by atoms with Crippen LogP contribution in [0.4, 0.5) is 0 Å². The number of hydrogen-bond acceptors (Lipinski definition) is 2. The molecule has 0 N–H and O–H groups in total. The first-order valence-corrected chi connectivity index (χ1v) is 6.36. The predicted molar refractivity (Wildman–Crippen MR) is 73.9 cm³/mol. The lowest BCUT2D eigenvalue weighted by molar-refractivity contribution is -0.133.